The fourth-order valence-corrected chi connectivity index (χ4v) is 2.63. The largest absolute Gasteiger partial charge is 0.381 e. The van der Waals surface area contributed by atoms with Crippen molar-refractivity contribution in [1.82, 2.24) is 4.98 Å². The van der Waals surface area contributed by atoms with Crippen LogP contribution in [0.3, 0.4) is 0 Å². The lowest BCUT2D eigenvalue weighted by Gasteiger charge is -2.19. The number of hydrogen-bond donors (Lipinski definition) is 0. The van der Waals surface area contributed by atoms with Gasteiger partial charge in [-0.05, 0) is 19.3 Å². The first-order valence-electron chi connectivity index (χ1n) is 4.92. The highest BCUT2D eigenvalue weighted by Crippen LogP contribution is 2.27. The molecular formula is C10H15NOS. The standard InChI is InChI=1S/C10H15NOS/c1-2-9-7-13-10(11-9)8-4-3-5-12-6-8/h7-8H,2-6H2,1H3. The van der Waals surface area contributed by atoms with E-state index in [0.717, 1.165) is 19.6 Å². The molecule has 2 nitrogen and oxygen atoms in total. The topological polar surface area (TPSA) is 22.1 Å². The van der Waals surface area contributed by atoms with Crippen LogP contribution in [0.2, 0.25) is 0 Å². The van der Waals surface area contributed by atoms with Crippen LogP contribution in [0.5, 0.6) is 0 Å². The molecule has 0 saturated carbocycles. The van der Waals surface area contributed by atoms with Gasteiger partial charge in [-0.2, -0.15) is 0 Å². The second-order valence-electron chi connectivity index (χ2n) is 3.44. The van der Waals surface area contributed by atoms with E-state index < -0.39 is 0 Å². The van der Waals surface area contributed by atoms with E-state index in [1.54, 1.807) is 11.3 Å². The van der Waals surface area contributed by atoms with E-state index in [1.807, 2.05) is 0 Å². The quantitative estimate of drug-likeness (QED) is 0.727. The summed E-state index contributed by atoms with van der Waals surface area (Å²) in [5, 5.41) is 3.45. The average Bonchev–Trinajstić information content (AvgIpc) is 2.67. The normalized spacial score (nSPS) is 23.3. The molecule has 1 unspecified atom stereocenters. The Balaban J connectivity index is 2.05. The third-order valence-corrected chi connectivity index (χ3v) is 3.50. The molecular weight excluding hydrogens is 182 g/mol. The van der Waals surface area contributed by atoms with Gasteiger partial charge < -0.3 is 4.74 Å². The third kappa shape index (κ3) is 2.09. The number of thiazole rings is 1. The maximum absolute atomic E-state index is 5.45. The van der Waals surface area contributed by atoms with Crippen molar-refractivity contribution in [2.45, 2.75) is 32.1 Å². The van der Waals surface area contributed by atoms with Gasteiger partial charge in [0.1, 0.15) is 0 Å². The summed E-state index contributed by atoms with van der Waals surface area (Å²) in [4.78, 5) is 4.59. The smallest absolute Gasteiger partial charge is 0.0982 e. The van der Waals surface area contributed by atoms with Crippen molar-refractivity contribution in [3.63, 3.8) is 0 Å². The zero-order valence-corrected chi connectivity index (χ0v) is 8.77. The van der Waals surface area contributed by atoms with Crippen LogP contribution in [0, 0.1) is 0 Å². The Morgan fingerprint density at radius 2 is 2.62 bits per heavy atom. The highest BCUT2D eigenvalue weighted by Gasteiger charge is 2.18. The van der Waals surface area contributed by atoms with E-state index in [9.17, 15) is 0 Å². The summed E-state index contributed by atoms with van der Waals surface area (Å²) < 4.78 is 5.45. The van der Waals surface area contributed by atoms with Crippen LogP contribution in [0.4, 0.5) is 0 Å². The van der Waals surface area contributed by atoms with Crippen LogP contribution in [0.15, 0.2) is 5.38 Å². The zero-order valence-electron chi connectivity index (χ0n) is 7.95. The minimum Gasteiger partial charge on any atom is -0.381 e. The summed E-state index contributed by atoms with van der Waals surface area (Å²) in [6, 6.07) is 0. The van der Waals surface area contributed by atoms with Crippen molar-refractivity contribution in [1.29, 1.82) is 0 Å². The number of nitrogens with zero attached hydrogens (tertiary/aromatic N) is 1. The van der Waals surface area contributed by atoms with Crippen LogP contribution in [0.25, 0.3) is 0 Å². The number of rotatable bonds is 2. The molecule has 13 heavy (non-hydrogen) atoms. The first-order chi connectivity index (χ1) is 6.40. The Morgan fingerprint density at radius 1 is 1.69 bits per heavy atom. The van der Waals surface area contributed by atoms with Gasteiger partial charge in [0.15, 0.2) is 0 Å². The molecule has 1 aromatic rings. The van der Waals surface area contributed by atoms with Gasteiger partial charge in [-0.15, -0.1) is 11.3 Å². The summed E-state index contributed by atoms with van der Waals surface area (Å²) in [5.41, 5.74) is 1.23. The molecule has 1 fully saturated rings. The summed E-state index contributed by atoms with van der Waals surface area (Å²) in [5.74, 6) is 0.569. The van der Waals surface area contributed by atoms with Crippen LogP contribution in [0.1, 0.15) is 36.4 Å². The first-order valence-corrected chi connectivity index (χ1v) is 5.80. The number of ether oxygens (including phenoxy) is 1. The van der Waals surface area contributed by atoms with Gasteiger partial charge in [-0.1, -0.05) is 6.92 Å². The molecule has 1 saturated heterocycles. The molecule has 0 N–H and O–H groups in total. The Morgan fingerprint density at radius 3 is 3.23 bits per heavy atom. The van der Waals surface area contributed by atoms with E-state index in [2.05, 4.69) is 17.3 Å². The molecule has 2 rings (SSSR count). The van der Waals surface area contributed by atoms with Crippen molar-refractivity contribution < 1.29 is 4.74 Å². The minimum atomic E-state index is 0.569. The summed E-state index contributed by atoms with van der Waals surface area (Å²) in [6.07, 6.45) is 3.48. The van der Waals surface area contributed by atoms with Gasteiger partial charge in [0.05, 0.1) is 17.3 Å². The van der Waals surface area contributed by atoms with E-state index in [1.165, 1.54) is 23.5 Å². The lowest BCUT2D eigenvalue weighted by molar-refractivity contribution is 0.0803. The molecule has 0 radical (unpaired) electrons. The predicted octanol–water partition coefficient (Wildman–Crippen LogP) is 2.60. The van der Waals surface area contributed by atoms with Crippen LogP contribution >= 0.6 is 11.3 Å². The van der Waals surface area contributed by atoms with Gasteiger partial charge in [-0.3, -0.25) is 0 Å². The fourth-order valence-electron chi connectivity index (χ4n) is 1.61. The second-order valence-corrected chi connectivity index (χ2v) is 4.33. The highest BCUT2D eigenvalue weighted by atomic mass is 32.1. The monoisotopic (exact) mass is 197 g/mol. The first kappa shape index (κ1) is 9.16. The molecule has 2 heterocycles. The van der Waals surface area contributed by atoms with Crippen molar-refractivity contribution in [2.24, 2.45) is 0 Å². The molecule has 3 heteroatoms. The molecule has 0 aromatic carbocycles. The van der Waals surface area contributed by atoms with Crippen LogP contribution in [-0.4, -0.2) is 18.2 Å². The number of hydrogen-bond acceptors (Lipinski definition) is 3. The maximum Gasteiger partial charge on any atom is 0.0982 e. The Bertz CT molecular complexity index is 266. The molecule has 0 spiro atoms. The lowest BCUT2D eigenvalue weighted by Crippen LogP contribution is -2.15. The van der Waals surface area contributed by atoms with Crippen molar-refractivity contribution in [2.75, 3.05) is 13.2 Å². The van der Waals surface area contributed by atoms with Gasteiger partial charge in [0.25, 0.3) is 0 Å². The third-order valence-electron chi connectivity index (χ3n) is 2.44. The van der Waals surface area contributed by atoms with Crippen molar-refractivity contribution >= 4 is 11.3 Å². The molecule has 0 amide bonds. The highest BCUT2D eigenvalue weighted by molar-refractivity contribution is 7.09. The lowest BCUT2D eigenvalue weighted by atomic mass is 10.0. The van der Waals surface area contributed by atoms with Gasteiger partial charge in [0.2, 0.25) is 0 Å². The second kappa shape index (κ2) is 4.20. The molecule has 1 atom stereocenters. The van der Waals surface area contributed by atoms with Crippen molar-refractivity contribution in [3.8, 4) is 0 Å². The maximum atomic E-state index is 5.45. The van der Waals surface area contributed by atoms with Crippen LogP contribution < -0.4 is 0 Å². The molecule has 1 aliphatic rings. The van der Waals surface area contributed by atoms with E-state index >= 15 is 0 Å². The van der Waals surface area contributed by atoms with Gasteiger partial charge in [0, 0.05) is 17.9 Å². The Kier molecular flexibility index (Phi) is 2.96. The summed E-state index contributed by atoms with van der Waals surface area (Å²) in [7, 11) is 0. The fraction of sp³-hybridized carbons (Fsp3) is 0.700. The molecule has 72 valence electrons. The molecule has 0 bridgehead atoms. The summed E-state index contributed by atoms with van der Waals surface area (Å²) in [6.45, 7) is 3.95. The average molecular weight is 197 g/mol. The van der Waals surface area contributed by atoms with Gasteiger partial charge >= 0.3 is 0 Å². The zero-order chi connectivity index (χ0) is 9.10. The van der Waals surface area contributed by atoms with E-state index in [-0.39, 0.29) is 0 Å². The predicted molar refractivity (Wildman–Crippen MR) is 54.3 cm³/mol. The number of aromatic nitrogens is 1. The SMILES string of the molecule is CCc1csc(C2CCCOC2)n1. The van der Waals surface area contributed by atoms with E-state index in [4.69, 9.17) is 4.74 Å². The molecule has 1 aromatic heterocycles. The van der Waals surface area contributed by atoms with Crippen LogP contribution in [-0.2, 0) is 11.2 Å². The molecule has 1 aliphatic heterocycles. The Labute approximate surface area is 83.0 Å². The van der Waals surface area contributed by atoms with E-state index in [0.29, 0.717) is 5.92 Å². The van der Waals surface area contributed by atoms with Crippen molar-refractivity contribution in [3.05, 3.63) is 16.1 Å². The Hall–Kier alpha value is -0.410. The molecule has 0 aliphatic carbocycles. The summed E-state index contributed by atoms with van der Waals surface area (Å²) >= 11 is 1.79. The number of aryl methyl sites for hydroxylation is 1. The minimum absolute atomic E-state index is 0.569. The van der Waals surface area contributed by atoms with Gasteiger partial charge in [-0.25, -0.2) is 4.98 Å².